The molecular formula is C30H31N7O5S. The van der Waals surface area contributed by atoms with E-state index in [0.717, 1.165) is 54.1 Å². The van der Waals surface area contributed by atoms with Gasteiger partial charge in [0.2, 0.25) is 0 Å². The van der Waals surface area contributed by atoms with Gasteiger partial charge < -0.3 is 14.3 Å². The van der Waals surface area contributed by atoms with E-state index in [9.17, 15) is 18.5 Å². The summed E-state index contributed by atoms with van der Waals surface area (Å²) in [5, 5.41) is 15.2. The maximum Gasteiger partial charge on any atom is 0.283 e. The first-order chi connectivity index (χ1) is 20.6. The van der Waals surface area contributed by atoms with Crippen LogP contribution < -0.4 is 0 Å². The molecule has 0 aliphatic carbocycles. The molecule has 12 nitrogen and oxygen atoms in total. The summed E-state index contributed by atoms with van der Waals surface area (Å²) in [4.78, 5) is 23.8. The Morgan fingerprint density at radius 2 is 1.65 bits per heavy atom. The largest absolute Gasteiger partial charge is 0.361 e. The second kappa shape index (κ2) is 11.3. The standard InChI is InChI=1S/C30H31N7O5S/c1-19-26(20(2)42-33-19)21-5-7-22(8-6-21)28-27(29-31-15-4-16-32-29)30(36(28)23-13-17-35(3)18-14-23)34-43(40,41)25-11-9-24(10-12-25)37(38)39/h4-12,15-16,23,27-28H,13-14,17-18H2,1-3H3. The Labute approximate surface area is 249 Å². The number of likely N-dealkylation sites (tertiary alicyclic amines) is 2. The Morgan fingerprint density at radius 3 is 2.23 bits per heavy atom. The molecule has 4 aromatic rings. The molecule has 0 bridgehead atoms. The molecule has 4 heterocycles. The first-order valence-corrected chi connectivity index (χ1v) is 15.4. The van der Waals surface area contributed by atoms with E-state index in [1.807, 2.05) is 38.1 Å². The lowest BCUT2D eigenvalue weighted by atomic mass is 9.78. The van der Waals surface area contributed by atoms with Gasteiger partial charge in [0.05, 0.1) is 21.6 Å². The highest BCUT2D eigenvalue weighted by atomic mass is 32.2. The van der Waals surface area contributed by atoms with Gasteiger partial charge in [0, 0.05) is 36.1 Å². The number of rotatable bonds is 7. The average molecular weight is 602 g/mol. The zero-order chi connectivity index (χ0) is 30.3. The summed E-state index contributed by atoms with van der Waals surface area (Å²) in [5.41, 5.74) is 3.53. The van der Waals surface area contributed by atoms with Gasteiger partial charge in [0.1, 0.15) is 23.3 Å². The Hall–Kier alpha value is -4.49. The summed E-state index contributed by atoms with van der Waals surface area (Å²) in [6, 6.07) is 14.4. The summed E-state index contributed by atoms with van der Waals surface area (Å²) in [5.74, 6) is 1.07. The predicted molar refractivity (Wildman–Crippen MR) is 159 cm³/mol. The molecule has 2 aromatic carbocycles. The molecule has 2 aliphatic heterocycles. The van der Waals surface area contributed by atoms with E-state index in [4.69, 9.17) is 4.52 Å². The number of nitro groups is 1. The van der Waals surface area contributed by atoms with E-state index >= 15 is 0 Å². The first-order valence-electron chi connectivity index (χ1n) is 14.0. The maximum atomic E-state index is 13.6. The van der Waals surface area contributed by atoms with Crippen LogP contribution in [-0.4, -0.2) is 70.3 Å². The molecule has 222 valence electrons. The average Bonchev–Trinajstić information content (AvgIpc) is 3.34. The summed E-state index contributed by atoms with van der Waals surface area (Å²) >= 11 is 0. The summed E-state index contributed by atoms with van der Waals surface area (Å²) in [6.45, 7) is 5.53. The SMILES string of the molecule is Cc1noc(C)c1-c1ccc(C2C(c3ncccn3)C(=NS(=O)(=O)c3ccc([N+](=O)[O-])cc3)N2C2CCN(C)CC2)cc1. The van der Waals surface area contributed by atoms with Crippen molar-refractivity contribution in [2.24, 2.45) is 4.40 Å². The van der Waals surface area contributed by atoms with Crippen molar-refractivity contribution in [3.8, 4) is 11.1 Å². The van der Waals surface area contributed by atoms with Gasteiger partial charge in [-0.05, 0) is 76.2 Å². The van der Waals surface area contributed by atoms with Crippen LogP contribution in [0.1, 0.15) is 47.6 Å². The Kier molecular flexibility index (Phi) is 7.52. The number of aromatic nitrogens is 3. The Bertz CT molecular complexity index is 1750. The smallest absolute Gasteiger partial charge is 0.283 e. The molecule has 0 spiro atoms. The molecule has 43 heavy (non-hydrogen) atoms. The lowest BCUT2D eigenvalue weighted by molar-refractivity contribution is -0.384. The molecule has 6 rings (SSSR count). The van der Waals surface area contributed by atoms with Crippen molar-refractivity contribution in [2.45, 2.75) is 49.6 Å². The van der Waals surface area contributed by atoms with Crippen molar-refractivity contribution < 1.29 is 17.9 Å². The number of sulfonamides is 1. The molecular weight excluding hydrogens is 570 g/mol. The number of hydrogen-bond acceptors (Lipinski definition) is 9. The molecule has 0 N–H and O–H groups in total. The summed E-state index contributed by atoms with van der Waals surface area (Å²) < 4.78 is 37.0. The predicted octanol–water partition coefficient (Wildman–Crippen LogP) is 4.68. The van der Waals surface area contributed by atoms with Gasteiger partial charge in [0.15, 0.2) is 0 Å². The van der Waals surface area contributed by atoms with E-state index in [1.165, 1.54) is 24.3 Å². The van der Waals surface area contributed by atoms with Gasteiger partial charge in [-0.25, -0.2) is 9.97 Å². The van der Waals surface area contributed by atoms with Crippen LogP contribution in [0.4, 0.5) is 5.69 Å². The number of aryl methyl sites for hydroxylation is 2. The third-order valence-electron chi connectivity index (χ3n) is 8.24. The van der Waals surface area contributed by atoms with Crippen molar-refractivity contribution in [1.29, 1.82) is 0 Å². The van der Waals surface area contributed by atoms with E-state index in [-0.39, 0.29) is 22.7 Å². The van der Waals surface area contributed by atoms with E-state index in [1.54, 1.807) is 18.5 Å². The fraction of sp³-hybridized carbons (Fsp3) is 0.333. The van der Waals surface area contributed by atoms with Gasteiger partial charge in [-0.15, -0.1) is 4.40 Å². The molecule has 2 aliphatic rings. The van der Waals surface area contributed by atoms with Gasteiger partial charge in [-0.1, -0.05) is 29.4 Å². The molecule has 2 unspecified atom stereocenters. The minimum absolute atomic E-state index is 0.0502. The Balaban J connectivity index is 1.44. The van der Waals surface area contributed by atoms with Crippen LogP contribution >= 0.6 is 0 Å². The van der Waals surface area contributed by atoms with Gasteiger partial charge in [0.25, 0.3) is 15.7 Å². The molecule has 13 heteroatoms. The lowest BCUT2D eigenvalue weighted by Crippen LogP contribution is -2.60. The molecule has 0 radical (unpaired) electrons. The van der Waals surface area contributed by atoms with Crippen molar-refractivity contribution >= 4 is 21.5 Å². The lowest BCUT2D eigenvalue weighted by Gasteiger charge is -2.54. The molecule has 0 saturated carbocycles. The van der Waals surface area contributed by atoms with Crippen LogP contribution in [0, 0.1) is 24.0 Å². The molecule has 2 saturated heterocycles. The monoisotopic (exact) mass is 601 g/mol. The zero-order valence-corrected chi connectivity index (χ0v) is 24.8. The van der Waals surface area contributed by atoms with Crippen LogP contribution in [0.3, 0.4) is 0 Å². The fourth-order valence-corrected chi connectivity index (χ4v) is 7.09. The maximum absolute atomic E-state index is 13.6. The van der Waals surface area contributed by atoms with Crippen molar-refractivity contribution in [3.63, 3.8) is 0 Å². The van der Waals surface area contributed by atoms with Gasteiger partial charge >= 0.3 is 0 Å². The Morgan fingerprint density at radius 1 is 1.00 bits per heavy atom. The third-order valence-corrected chi connectivity index (χ3v) is 9.53. The van der Waals surface area contributed by atoms with Crippen LogP contribution in [-0.2, 0) is 10.0 Å². The number of amidine groups is 1. The van der Waals surface area contributed by atoms with E-state index < -0.39 is 20.9 Å². The number of nitro benzene ring substituents is 1. The number of hydrogen-bond donors (Lipinski definition) is 0. The van der Waals surface area contributed by atoms with Gasteiger partial charge in [-0.3, -0.25) is 10.1 Å². The third kappa shape index (κ3) is 5.41. The second-order valence-corrected chi connectivity index (χ2v) is 12.6. The fourth-order valence-electron chi connectivity index (χ4n) is 6.05. The number of benzene rings is 2. The minimum atomic E-state index is -4.20. The number of non-ortho nitro benzene ring substituents is 1. The summed E-state index contributed by atoms with van der Waals surface area (Å²) in [6.07, 6.45) is 4.95. The molecule has 0 amide bonds. The summed E-state index contributed by atoms with van der Waals surface area (Å²) in [7, 11) is -2.12. The van der Waals surface area contributed by atoms with E-state index in [2.05, 4.69) is 36.4 Å². The first kappa shape index (κ1) is 28.6. The normalized spacial score (nSPS) is 20.7. The zero-order valence-electron chi connectivity index (χ0n) is 24.0. The van der Waals surface area contributed by atoms with Crippen LogP contribution in [0.5, 0.6) is 0 Å². The topological polar surface area (TPSA) is 148 Å². The van der Waals surface area contributed by atoms with Crippen molar-refractivity contribution in [2.75, 3.05) is 20.1 Å². The highest BCUT2D eigenvalue weighted by molar-refractivity contribution is 7.90. The van der Waals surface area contributed by atoms with Crippen LogP contribution in [0.15, 0.2) is 80.8 Å². The molecule has 2 fully saturated rings. The highest BCUT2D eigenvalue weighted by Crippen LogP contribution is 2.49. The van der Waals surface area contributed by atoms with Gasteiger partial charge in [-0.2, -0.15) is 8.42 Å². The van der Waals surface area contributed by atoms with Crippen LogP contribution in [0.2, 0.25) is 0 Å². The number of nitrogens with zero attached hydrogens (tertiary/aromatic N) is 7. The van der Waals surface area contributed by atoms with Crippen LogP contribution in [0.25, 0.3) is 11.1 Å². The molecule has 2 atom stereocenters. The second-order valence-electron chi connectivity index (χ2n) is 11.0. The van der Waals surface area contributed by atoms with E-state index in [0.29, 0.717) is 11.7 Å². The highest BCUT2D eigenvalue weighted by Gasteiger charge is 2.52. The van der Waals surface area contributed by atoms with Crippen molar-refractivity contribution in [3.05, 3.63) is 99.9 Å². The minimum Gasteiger partial charge on any atom is -0.361 e. The number of piperidine rings is 1. The van der Waals surface area contributed by atoms with Crippen molar-refractivity contribution in [1.82, 2.24) is 24.9 Å². The quantitative estimate of drug-likeness (QED) is 0.216. The molecule has 2 aromatic heterocycles.